The molecular weight excluding hydrogens is 326 g/mol. The van der Waals surface area contributed by atoms with Crippen molar-refractivity contribution >= 4 is 16.6 Å². The molecule has 5 nitrogen and oxygen atoms in total. The number of hydrogen-bond acceptors (Lipinski definition) is 5. The number of fused-ring (bicyclic) bond motifs is 1. The molecule has 1 aromatic heterocycles. The third kappa shape index (κ3) is 6.15. The minimum Gasteiger partial charge on any atom is -0.497 e. The number of pyridine rings is 1. The van der Waals surface area contributed by atoms with Gasteiger partial charge in [-0.05, 0) is 24.0 Å². The highest BCUT2D eigenvalue weighted by atomic mass is 16.5. The van der Waals surface area contributed by atoms with Gasteiger partial charge in [0.15, 0.2) is 0 Å². The maximum absolute atomic E-state index is 10.5. The number of hydrogen-bond donors (Lipinski definition) is 2. The van der Waals surface area contributed by atoms with Gasteiger partial charge in [-0.2, -0.15) is 0 Å². The van der Waals surface area contributed by atoms with Crippen LogP contribution in [0.1, 0.15) is 27.7 Å². The van der Waals surface area contributed by atoms with Crippen LogP contribution in [0.4, 0.5) is 5.69 Å². The molecule has 0 spiro atoms. The fourth-order valence-electron chi connectivity index (χ4n) is 3.26. The van der Waals surface area contributed by atoms with Crippen LogP contribution in [0.2, 0.25) is 0 Å². The second-order valence-electron chi connectivity index (χ2n) is 7.79. The van der Waals surface area contributed by atoms with Crippen molar-refractivity contribution in [2.45, 2.75) is 33.8 Å². The Morgan fingerprint density at radius 2 is 1.81 bits per heavy atom. The van der Waals surface area contributed by atoms with Crippen molar-refractivity contribution in [1.82, 2.24) is 9.88 Å². The number of aliphatic hydroxyl groups excluding tert-OH is 1. The molecule has 1 atom stereocenters. The molecule has 0 radical (unpaired) electrons. The quantitative estimate of drug-likeness (QED) is 0.678. The van der Waals surface area contributed by atoms with Crippen LogP contribution in [0.25, 0.3) is 10.9 Å². The van der Waals surface area contributed by atoms with Crippen LogP contribution in [0.3, 0.4) is 0 Å². The molecule has 5 heteroatoms. The minimum atomic E-state index is -0.447. The summed E-state index contributed by atoms with van der Waals surface area (Å²) in [4.78, 5) is 6.81. The van der Waals surface area contributed by atoms with E-state index < -0.39 is 6.10 Å². The highest BCUT2D eigenvalue weighted by Gasteiger charge is 2.15. The third-order valence-electron chi connectivity index (χ3n) is 4.16. The van der Waals surface area contributed by atoms with Crippen molar-refractivity contribution in [3.8, 4) is 5.75 Å². The number of aromatic nitrogens is 1. The summed E-state index contributed by atoms with van der Waals surface area (Å²) in [6.45, 7) is 12.0. The smallest absolute Gasteiger partial charge is 0.121 e. The molecule has 0 aliphatic rings. The van der Waals surface area contributed by atoms with E-state index in [2.05, 4.69) is 42.9 Å². The van der Waals surface area contributed by atoms with Gasteiger partial charge in [0.25, 0.3) is 0 Å². The number of nitrogens with zero attached hydrogens (tertiary/aromatic N) is 2. The van der Waals surface area contributed by atoms with E-state index in [4.69, 9.17) is 4.74 Å². The van der Waals surface area contributed by atoms with Crippen molar-refractivity contribution in [2.24, 2.45) is 11.8 Å². The fourth-order valence-corrected chi connectivity index (χ4v) is 3.26. The first-order valence-electron chi connectivity index (χ1n) is 9.46. The molecule has 0 aliphatic carbocycles. The van der Waals surface area contributed by atoms with E-state index in [1.807, 2.05) is 24.3 Å². The number of methoxy groups -OCH3 is 1. The predicted molar refractivity (Wildman–Crippen MR) is 109 cm³/mol. The van der Waals surface area contributed by atoms with E-state index in [0.717, 1.165) is 35.4 Å². The molecule has 0 saturated carbocycles. The summed E-state index contributed by atoms with van der Waals surface area (Å²) in [7, 11) is 1.66. The van der Waals surface area contributed by atoms with E-state index in [0.29, 0.717) is 24.9 Å². The molecule has 0 saturated heterocycles. The lowest BCUT2D eigenvalue weighted by Gasteiger charge is -2.28. The zero-order valence-corrected chi connectivity index (χ0v) is 16.7. The van der Waals surface area contributed by atoms with Crippen molar-refractivity contribution < 1.29 is 9.84 Å². The van der Waals surface area contributed by atoms with Crippen molar-refractivity contribution in [1.29, 1.82) is 0 Å². The van der Waals surface area contributed by atoms with Gasteiger partial charge in [0.2, 0.25) is 0 Å². The summed E-state index contributed by atoms with van der Waals surface area (Å²) in [5, 5.41) is 14.9. The SMILES string of the molecule is COc1cc(NCC(O)CN(CC(C)C)CC(C)C)c2ncccc2c1. The van der Waals surface area contributed by atoms with Crippen LogP contribution < -0.4 is 10.1 Å². The van der Waals surface area contributed by atoms with Crippen LogP contribution in [-0.2, 0) is 0 Å². The summed E-state index contributed by atoms with van der Waals surface area (Å²) in [5.74, 6) is 1.95. The summed E-state index contributed by atoms with van der Waals surface area (Å²) >= 11 is 0. The van der Waals surface area contributed by atoms with Crippen LogP contribution in [0.5, 0.6) is 5.75 Å². The van der Waals surface area contributed by atoms with Crippen molar-refractivity contribution in [3.05, 3.63) is 30.5 Å². The molecule has 144 valence electrons. The Morgan fingerprint density at radius 3 is 2.42 bits per heavy atom. The lowest BCUT2D eigenvalue weighted by molar-refractivity contribution is 0.107. The number of ether oxygens (including phenoxy) is 1. The van der Waals surface area contributed by atoms with E-state index in [9.17, 15) is 5.11 Å². The summed E-state index contributed by atoms with van der Waals surface area (Å²) in [6, 6.07) is 7.83. The van der Waals surface area contributed by atoms with Crippen molar-refractivity contribution in [2.75, 3.05) is 38.6 Å². The summed E-state index contributed by atoms with van der Waals surface area (Å²) < 4.78 is 5.38. The second-order valence-corrected chi connectivity index (χ2v) is 7.79. The second kappa shape index (κ2) is 9.74. The van der Waals surface area contributed by atoms with E-state index in [1.54, 1.807) is 13.3 Å². The fraction of sp³-hybridized carbons (Fsp3) is 0.571. The van der Waals surface area contributed by atoms with E-state index in [1.165, 1.54) is 0 Å². The first-order chi connectivity index (χ1) is 12.4. The van der Waals surface area contributed by atoms with Gasteiger partial charge in [-0.25, -0.2) is 0 Å². The highest BCUT2D eigenvalue weighted by Crippen LogP contribution is 2.27. The average molecular weight is 360 g/mol. The topological polar surface area (TPSA) is 57.6 Å². The van der Waals surface area contributed by atoms with Gasteiger partial charge in [0.05, 0.1) is 24.4 Å². The Labute approximate surface area is 157 Å². The maximum atomic E-state index is 10.5. The number of rotatable bonds is 10. The monoisotopic (exact) mass is 359 g/mol. The molecule has 2 aromatic rings. The van der Waals surface area contributed by atoms with Crippen LogP contribution in [0.15, 0.2) is 30.5 Å². The van der Waals surface area contributed by atoms with Crippen LogP contribution in [0, 0.1) is 11.8 Å². The Kier molecular flexibility index (Phi) is 7.66. The van der Waals surface area contributed by atoms with Gasteiger partial charge in [-0.3, -0.25) is 4.98 Å². The number of nitrogens with one attached hydrogen (secondary N) is 1. The minimum absolute atomic E-state index is 0.447. The molecule has 2 rings (SSSR count). The zero-order valence-electron chi connectivity index (χ0n) is 16.7. The van der Waals surface area contributed by atoms with Crippen LogP contribution >= 0.6 is 0 Å². The van der Waals surface area contributed by atoms with Gasteiger partial charge in [0, 0.05) is 43.8 Å². The average Bonchev–Trinajstić information content (AvgIpc) is 2.58. The molecule has 26 heavy (non-hydrogen) atoms. The molecule has 2 N–H and O–H groups in total. The van der Waals surface area contributed by atoms with Gasteiger partial charge in [-0.1, -0.05) is 33.8 Å². The van der Waals surface area contributed by atoms with Crippen molar-refractivity contribution in [3.63, 3.8) is 0 Å². The lowest BCUT2D eigenvalue weighted by Crippen LogP contribution is -2.40. The van der Waals surface area contributed by atoms with Gasteiger partial charge in [0.1, 0.15) is 5.75 Å². The Morgan fingerprint density at radius 1 is 1.12 bits per heavy atom. The standard InChI is InChI=1S/C21H33N3O2/c1-15(2)12-24(13-16(3)4)14-18(25)11-23-20-10-19(26-5)9-17-7-6-8-22-21(17)20/h6-10,15-16,18,23,25H,11-14H2,1-5H3. The molecule has 0 bridgehead atoms. The van der Waals surface area contributed by atoms with Gasteiger partial charge < -0.3 is 20.1 Å². The molecule has 0 aliphatic heterocycles. The third-order valence-corrected chi connectivity index (χ3v) is 4.16. The normalized spacial score (nSPS) is 13.0. The predicted octanol–water partition coefficient (Wildman–Crippen LogP) is 3.63. The van der Waals surface area contributed by atoms with Gasteiger partial charge >= 0.3 is 0 Å². The zero-order chi connectivity index (χ0) is 19.1. The Balaban J connectivity index is 2.04. The molecule has 0 amide bonds. The Hall–Kier alpha value is -1.85. The summed E-state index contributed by atoms with van der Waals surface area (Å²) in [5.41, 5.74) is 1.78. The molecule has 0 fully saturated rings. The van der Waals surface area contributed by atoms with E-state index >= 15 is 0 Å². The molecular formula is C21H33N3O2. The summed E-state index contributed by atoms with van der Waals surface area (Å²) in [6.07, 6.45) is 1.33. The largest absolute Gasteiger partial charge is 0.497 e. The number of aliphatic hydroxyl groups is 1. The van der Waals surface area contributed by atoms with Crippen LogP contribution in [-0.4, -0.2) is 54.4 Å². The number of benzene rings is 1. The molecule has 1 unspecified atom stereocenters. The molecule has 1 aromatic carbocycles. The lowest BCUT2D eigenvalue weighted by atomic mass is 10.1. The first kappa shape index (κ1) is 20.5. The van der Waals surface area contributed by atoms with E-state index in [-0.39, 0.29) is 0 Å². The first-order valence-corrected chi connectivity index (χ1v) is 9.46. The molecule has 1 heterocycles. The Bertz CT molecular complexity index is 678. The highest BCUT2D eigenvalue weighted by molar-refractivity contribution is 5.91. The maximum Gasteiger partial charge on any atom is 0.121 e. The number of anilines is 1. The van der Waals surface area contributed by atoms with Gasteiger partial charge in [-0.15, -0.1) is 0 Å².